The van der Waals surface area contributed by atoms with E-state index in [1.807, 2.05) is 33.8 Å². The molecule has 0 spiro atoms. The first kappa shape index (κ1) is 15.3. The summed E-state index contributed by atoms with van der Waals surface area (Å²) in [6.45, 7) is 9.15. The lowest BCUT2D eigenvalue weighted by molar-refractivity contribution is -0.491. The van der Waals surface area contributed by atoms with E-state index in [1.54, 1.807) is 6.92 Å². The molecule has 0 bridgehead atoms. The van der Waals surface area contributed by atoms with Crippen LogP contribution in [0.4, 0.5) is 0 Å². The molecule has 19 heavy (non-hydrogen) atoms. The smallest absolute Gasteiger partial charge is 0.247 e. The summed E-state index contributed by atoms with van der Waals surface area (Å²) in [5.74, 6) is -0.494. The van der Waals surface area contributed by atoms with E-state index < -0.39 is 0 Å². The molecule has 0 radical (unpaired) electrons. The number of carbonyl (C=O) groups excluding carboxylic acids is 1. The molecule has 1 aromatic rings. The third-order valence-electron chi connectivity index (χ3n) is 3.26. The van der Waals surface area contributed by atoms with E-state index in [9.17, 15) is 14.9 Å². The van der Waals surface area contributed by atoms with Gasteiger partial charge in [-0.25, -0.2) is 4.68 Å². The molecule has 0 N–H and O–H groups in total. The Morgan fingerprint density at radius 2 is 2.05 bits per heavy atom. The van der Waals surface area contributed by atoms with Gasteiger partial charge < -0.3 is 0 Å². The molecule has 106 valence electrons. The zero-order valence-corrected chi connectivity index (χ0v) is 12.1. The van der Waals surface area contributed by atoms with Gasteiger partial charge in [0.15, 0.2) is 0 Å². The van der Waals surface area contributed by atoms with Gasteiger partial charge in [0.2, 0.25) is 12.5 Å². The number of aromatic nitrogens is 2. The van der Waals surface area contributed by atoms with E-state index in [-0.39, 0.29) is 35.1 Å². The molecule has 1 unspecified atom stereocenters. The second kappa shape index (κ2) is 5.50. The molecule has 0 saturated carbocycles. The lowest BCUT2D eigenvalue weighted by Gasteiger charge is -2.26. The van der Waals surface area contributed by atoms with Crippen molar-refractivity contribution in [3.63, 3.8) is 0 Å². The number of aryl methyl sites for hydroxylation is 2. The molecule has 0 aromatic carbocycles. The maximum absolute atomic E-state index is 12.2. The Labute approximate surface area is 113 Å². The van der Waals surface area contributed by atoms with Crippen LogP contribution in [0.15, 0.2) is 6.07 Å². The monoisotopic (exact) mass is 267 g/mol. The first-order chi connectivity index (χ1) is 8.61. The molecule has 1 atom stereocenters. The van der Waals surface area contributed by atoms with E-state index in [0.29, 0.717) is 0 Å². The second-order valence-electron chi connectivity index (χ2n) is 6.02. The number of hydrogen-bond donors (Lipinski definition) is 0. The maximum Gasteiger partial charge on any atom is 0.247 e. The molecule has 0 amide bonds. The summed E-state index contributed by atoms with van der Waals surface area (Å²) in [6.07, 6.45) is 0.131. The standard InChI is InChI=1S/C13H21N3O3/c1-9-6-10(2)16(14-9)12(17)7-11(8-15(18)19)13(3,4)5/h6,11H,7-8H2,1-5H3. The highest BCUT2D eigenvalue weighted by Gasteiger charge is 2.32. The van der Waals surface area contributed by atoms with Crippen molar-refractivity contribution >= 4 is 5.91 Å². The van der Waals surface area contributed by atoms with Gasteiger partial charge in [-0.2, -0.15) is 5.10 Å². The van der Waals surface area contributed by atoms with Crippen LogP contribution in [0.2, 0.25) is 0 Å². The van der Waals surface area contributed by atoms with Crippen LogP contribution in [0.25, 0.3) is 0 Å². The summed E-state index contributed by atoms with van der Waals surface area (Å²) in [5, 5.41) is 14.8. The molecular weight excluding hydrogens is 246 g/mol. The Morgan fingerprint density at radius 3 is 2.42 bits per heavy atom. The van der Waals surface area contributed by atoms with Crippen LogP contribution in [-0.2, 0) is 0 Å². The van der Waals surface area contributed by atoms with Crippen molar-refractivity contribution in [3.05, 3.63) is 27.6 Å². The molecular formula is C13H21N3O3. The third kappa shape index (κ3) is 4.15. The zero-order valence-electron chi connectivity index (χ0n) is 12.1. The Morgan fingerprint density at radius 1 is 1.47 bits per heavy atom. The molecule has 0 aliphatic carbocycles. The van der Waals surface area contributed by atoms with Crippen molar-refractivity contribution in [2.45, 2.75) is 41.0 Å². The highest BCUT2D eigenvalue weighted by molar-refractivity contribution is 5.79. The predicted octanol–water partition coefficient (Wildman–Crippen LogP) is 2.47. The van der Waals surface area contributed by atoms with E-state index in [0.717, 1.165) is 11.4 Å². The minimum Gasteiger partial charge on any atom is -0.273 e. The Bertz CT molecular complexity index is 486. The minimum absolute atomic E-state index is 0.131. The van der Waals surface area contributed by atoms with Crippen molar-refractivity contribution < 1.29 is 9.72 Å². The van der Waals surface area contributed by atoms with Crippen molar-refractivity contribution in [1.82, 2.24) is 9.78 Å². The lowest BCUT2D eigenvalue weighted by atomic mass is 9.78. The molecule has 6 nitrogen and oxygen atoms in total. The number of nitrogens with zero attached hydrogens (tertiary/aromatic N) is 3. The summed E-state index contributed by atoms with van der Waals surface area (Å²) in [5.41, 5.74) is 1.24. The SMILES string of the molecule is Cc1cc(C)n(C(=O)CC(C[N+](=O)[O-])C(C)(C)C)n1. The summed E-state index contributed by atoms with van der Waals surface area (Å²) in [6, 6.07) is 1.82. The fraction of sp³-hybridized carbons (Fsp3) is 0.692. The van der Waals surface area contributed by atoms with Crippen molar-refractivity contribution in [2.24, 2.45) is 11.3 Å². The van der Waals surface area contributed by atoms with Gasteiger partial charge in [0.1, 0.15) is 0 Å². The van der Waals surface area contributed by atoms with Crippen LogP contribution in [0.5, 0.6) is 0 Å². The van der Waals surface area contributed by atoms with E-state index >= 15 is 0 Å². The van der Waals surface area contributed by atoms with Crippen molar-refractivity contribution in [2.75, 3.05) is 6.54 Å². The largest absolute Gasteiger partial charge is 0.273 e. The molecule has 6 heteroatoms. The van der Waals surface area contributed by atoms with Crippen LogP contribution in [0.3, 0.4) is 0 Å². The molecule has 1 rings (SSSR count). The quantitative estimate of drug-likeness (QED) is 0.620. The van der Waals surface area contributed by atoms with Crippen LogP contribution in [-0.4, -0.2) is 27.2 Å². The van der Waals surface area contributed by atoms with Crippen molar-refractivity contribution in [3.8, 4) is 0 Å². The van der Waals surface area contributed by atoms with Gasteiger partial charge in [0.25, 0.3) is 0 Å². The fourth-order valence-electron chi connectivity index (χ4n) is 2.00. The van der Waals surface area contributed by atoms with Gasteiger partial charge in [-0.15, -0.1) is 0 Å². The van der Waals surface area contributed by atoms with E-state index in [4.69, 9.17) is 0 Å². The van der Waals surface area contributed by atoms with Gasteiger partial charge in [0.05, 0.1) is 5.69 Å². The van der Waals surface area contributed by atoms with Crippen molar-refractivity contribution in [1.29, 1.82) is 0 Å². The van der Waals surface area contributed by atoms with Gasteiger partial charge in [-0.05, 0) is 25.3 Å². The number of nitro groups is 1. The normalized spacial score (nSPS) is 13.3. The highest BCUT2D eigenvalue weighted by atomic mass is 16.6. The highest BCUT2D eigenvalue weighted by Crippen LogP contribution is 2.29. The van der Waals surface area contributed by atoms with Gasteiger partial charge in [-0.3, -0.25) is 14.9 Å². The van der Waals surface area contributed by atoms with Gasteiger partial charge in [0, 0.05) is 23.0 Å². The number of rotatable bonds is 4. The second-order valence-corrected chi connectivity index (χ2v) is 6.02. The number of hydrogen-bond acceptors (Lipinski definition) is 4. The summed E-state index contributed by atoms with van der Waals surface area (Å²) < 4.78 is 1.34. The lowest BCUT2D eigenvalue weighted by Crippen LogP contribution is -2.31. The van der Waals surface area contributed by atoms with E-state index in [2.05, 4.69) is 5.10 Å². The van der Waals surface area contributed by atoms with Crippen LogP contribution in [0, 0.1) is 35.3 Å². The molecule has 0 aliphatic rings. The first-order valence-electron chi connectivity index (χ1n) is 6.29. The predicted molar refractivity (Wildman–Crippen MR) is 71.8 cm³/mol. The zero-order chi connectivity index (χ0) is 14.8. The Hall–Kier alpha value is -1.72. The topological polar surface area (TPSA) is 78.0 Å². The summed E-state index contributed by atoms with van der Waals surface area (Å²) >= 11 is 0. The third-order valence-corrected chi connectivity index (χ3v) is 3.26. The fourth-order valence-corrected chi connectivity index (χ4v) is 2.00. The van der Waals surface area contributed by atoms with Gasteiger partial charge >= 0.3 is 0 Å². The molecule has 0 fully saturated rings. The van der Waals surface area contributed by atoms with Crippen LogP contribution >= 0.6 is 0 Å². The van der Waals surface area contributed by atoms with Crippen LogP contribution < -0.4 is 0 Å². The minimum atomic E-state index is -0.357. The van der Waals surface area contributed by atoms with Gasteiger partial charge in [-0.1, -0.05) is 20.8 Å². The molecule has 0 aliphatic heterocycles. The van der Waals surface area contributed by atoms with Crippen LogP contribution in [0.1, 0.15) is 43.4 Å². The number of carbonyl (C=O) groups is 1. The summed E-state index contributed by atoms with van der Waals surface area (Å²) in [7, 11) is 0. The average molecular weight is 267 g/mol. The molecule has 0 saturated heterocycles. The molecule has 1 heterocycles. The Balaban J connectivity index is 2.88. The maximum atomic E-state index is 12.2. The first-order valence-corrected chi connectivity index (χ1v) is 6.29. The average Bonchev–Trinajstić information content (AvgIpc) is 2.54. The molecule has 1 aromatic heterocycles. The van der Waals surface area contributed by atoms with E-state index in [1.165, 1.54) is 4.68 Å². The summed E-state index contributed by atoms with van der Waals surface area (Å²) in [4.78, 5) is 22.6. The Kier molecular flexibility index (Phi) is 4.44.